The fourth-order valence-electron chi connectivity index (χ4n) is 2.68. The van der Waals surface area contributed by atoms with E-state index in [2.05, 4.69) is 12.1 Å². The summed E-state index contributed by atoms with van der Waals surface area (Å²) >= 11 is 0. The zero-order valence-electron chi connectivity index (χ0n) is 12.8. The minimum atomic E-state index is -0.626. The fourth-order valence-corrected chi connectivity index (χ4v) is 2.68. The summed E-state index contributed by atoms with van der Waals surface area (Å²) in [6.45, 7) is 7.98. The highest BCUT2D eigenvalue weighted by Gasteiger charge is 2.15. The summed E-state index contributed by atoms with van der Waals surface area (Å²) < 4.78 is 19.0. The standard InChI is InChI=1S/C18H19FO2/c1-5-21-18(20)15-7-6-14(10-16(15)19)17-12(3)8-11(2)9-13(17)4/h6-10H,5H2,1-4H3. The number of esters is 1. The van der Waals surface area contributed by atoms with Crippen LogP contribution in [0.4, 0.5) is 4.39 Å². The van der Waals surface area contributed by atoms with Gasteiger partial charge in [-0.15, -0.1) is 0 Å². The van der Waals surface area contributed by atoms with Gasteiger partial charge in [-0.05, 0) is 62.1 Å². The minimum absolute atomic E-state index is 0.0250. The SMILES string of the molecule is CCOC(=O)c1ccc(-c2c(C)cc(C)cc2C)cc1F. The number of halogens is 1. The molecule has 0 aliphatic carbocycles. The van der Waals surface area contributed by atoms with E-state index >= 15 is 0 Å². The van der Waals surface area contributed by atoms with Crippen molar-refractivity contribution in [3.8, 4) is 11.1 Å². The van der Waals surface area contributed by atoms with Crippen molar-refractivity contribution >= 4 is 5.97 Å². The number of benzene rings is 2. The van der Waals surface area contributed by atoms with Crippen LogP contribution < -0.4 is 0 Å². The van der Waals surface area contributed by atoms with Gasteiger partial charge in [0.2, 0.25) is 0 Å². The smallest absolute Gasteiger partial charge is 0.341 e. The van der Waals surface area contributed by atoms with E-state index in [9.17, 15) is 9.18 Å². The lowest BCUT2D eigenvalue weighted by molar-refractivity contribution is 0.0521. The van der Waals surface area contributed by atoms with Crippen molar-refractivity contribution in [3.63, 3.8) is 0 Å². The second kappa shape index (κ2) is 6.08. The highest BCUT2D eigenvalue weighted by atomic mass is 19.1. The molecule has 0 amide bonds. The third kappa shape index (κ3) is 3.13. The Bertz CT molecular complexity index is 667. The van der Waals surface area contributed by atoms with Crippen LogP contribution in [0, 0.1) is 26.6 Å². The van der Waals surface area contributed by atoms with Crippen LogP contribution in [0.2, 0.25) is 0 Å². The van der Waals surface area contributed by atoms with Gasteiger partial charge in [-0.2, -0.15) is 0 Å². The summed E-state index contributed by atoms with van der Waals surface area (Å²) in [5, 5.41) is 0. The van der Waals surface area contributed by atoms with Crippen LogP contribution >= 0.6 is 0 Å². The molecule has 0 atom stereocenters. The number of hydrogen-bond donors (Lipinski definition) is 0. The molecule has 0 fully saturated rings. The van der Waals surface area contributed by atoms with Gasteiger partial charge in [0.1, 0.15) is 5.82 Å². The van der Waals surface area contributed by atoms with E-state index in [0.717, 1.165) is 22.3 Å². The molecule has 2 aromatic rings. The Labute approximate surface area is 124 Å². The van der Waals surface area contributed by atoms with Crippen LogP contribution in [-0.2, 0) is 4.74 Å². The van der Waals surface area contributed by atoms with E-state index in [4.69, 9.17) is 4.74 Å². The second-order valence-corrected chi connectivity index (χ2v) is 5.19. The van der Waals surface area contributed by atoms with Crippen molar-refractivity contribution in [2.75, 3.05) is 6.61 Å². The predicted molar refractivity (Wildman–Crippen MR) is 82.0 cm³/mol. The van der Waals surface area contributed by atoms with Gasteiger partial charge >= 0.3 is 5.97 Å². The number of carbonyl (C=O) groups excluding carboxylic acids is 1. The maximum atomic E-state index is 14.2. The molecule has 0 spiro atoms. The fraction of sp³-hybridized carbons (Fsp3) is 0.278. The predicted octanol–water partition coefficient (Wildman–Crippen LogP) is 4.59. The van der Waals surface area contributed by atoms with Crippen molar-refractivity contribution in [2.45, 2.75) is 27.7 Å². The number of hydrogen-bond acceptors (Lipinski definition) is 2. The van der Waals surface area contributed by atoms with Crippen LogP contribution in [0.15, 0.2) is 30.3 Å². The quantitative estimate of drug-likeness (QED) is 0.771. The molecule has 0 aliphatic heterocycles. The first-order valence-electron chi connectivity index (χ1n) is 6.99. The lowest BCUT2D eigenvalue weighted by Crippen LogP contribution is -2.07. The van der Waals surface area contributed by atoms with E-state index in [1.54, 1.807) is 13.0 Å². The first-order valence-corrected chi connectivity index (χ1v) is 6.99. The zero-order valence-corrected chi connectivity index (χ0v) is 12.8. The van der Waals surface area contributed by atoms with Crippen LogP contribution in [0.1, 0.15) is 34.0 Å². The van der Waals surface area contributed by atoms with E-state index in [-0.39, 0.29) is 12.2 Å². The highest BCUT2D eigenvalue weighted by Crippen LogP contribution is 2.29. The Hall–Kier alpha value is -2.16. The molecule has 0 heterocycles. The lowest BCUT2D eigenvalue weighted by Gasteiger charge is -2.12. The Kier molecular flexibility index (Phi) is 4.41. The Morgan fingerprint density at radius 3 is 2.24 bits per heavy atom. The van der Waals surface area contributed by atoms with Crippen molar-refractivity contribution in [2.24, 2.45) is 0 Å². The van der Waals surface area contributed by atoms with Gasteiger partial charge in [0.05, 0.1) is 12.2 Å². The second-order valence-electron chi connectivity index (χ2n) is 5.19. The monoisotopic (exact) mass is 286 g/mol. The normalized spacial score (nSPS) is 10.5. The van der Waals surface area contributed by atoms with Crippen LogP contribution in [0.3, 0.4) is 0 Å². The summed E-state index contributed by atoms with van der Waals surface area (Å²) in [5.41, 5.74) is 5.12. The van der Waals surface area contributed by atoms with Gasteiger partial charge < -0.3 is 4.74 Å². The van der Waals surface area contributed by atoms with Gasteiger partial charge in [-0.1, -0.05) is 23.8 Å². The molecule has 2 rings (SSSR count). The van der Waals surface area contributed by atoms with Gasteiger partial charge in [-0.25, -0.2) is 9.18 Å². The molecule has 0 N–H and O–H groups in total. The summed E-state index contributed by atoms with van der Waals surface area (Å²) in [4.78, 5) is 11.6. The van der Waals surface area contributed by atoms with Crippen molar-refractivity contribution in [3.05, 3.63) is 58.4 Å². The molecule has 21 heavy (non-hydrogen) atoms. The van der Waals surface area contributed by atoms with Crippen LogP contribution in [-0.4, -0.2) is 12.6 Å². The zero-order chi connectivity index (χ0) is 15.6. The third-order valence-corrected chi connectivity index (χ3v) is 3.43. The molecule has 0 aromatic heterocycles. The average molecular weight is 286 g/mol. The van der Waals surface area contributed by atoms with Crippen molar-refractivity contribution < 1.29 is 13.9 Å². The van der Waals surface area contributed by atoms with E-state index in [0.29, 0.717) is 0 Å². The summed E-state index contributed by atoms with van der Waals surface area (Å²) in [6.07, 6.45) is 0. The highest BCUT2D eigenvalue weighted by molar-refractivity contribution is 5.90. The molecule has 2 aromatic carbocycles. The molecular weight excluding hydrogens is 267 g/mol. The minimum Gasteiger partial charge on any atom is -0.462 e. The molecule has 0 unspecified atom stereocenters. The summed E-state index contributed by atoms with van der Waals surface area (Å²) in [7, 11) is 0. The van der Waals surface area contributed by atoms with Gasteiger partial charge in [0.15, 0.2) is 0 Å². The Balaban J connectivity index is 2.48. The number of ether oxygens (including phenoxy) is 1. The van der Waals surface area contributed by atoms with Crippen LogP contribution in [0.25, 0.3) is 11.1 Å². The lowest BCUT2D eigenvalue weighted by atomic mass is 9.93. The molecule has 0 saturated carbocycles. The van der Waals surface area contributed by atoms with Crippen molar-refractivity contribution in [1.29, 1.82) is 0 Å². The largest absolute Gasteiger partial charge is 0.462 e. The molecule has 3 heteroatoms. The molecule has 110 valence electrons. The number of carbonyl (C=O) groups is 1. The Morgan fingerprint density at radius 2 is 1.71 bits per heavy atom. The topological polar surface area (TPSA) is 26.3 Å². The number of rotatable bonds is 3. The first kappa shape index (κ1) is 15.2. The molecular formula is C18H19FO2. The van der Waals surface area contributed by atoms with E-state index < -0.39 is 11.8 Å². The molecule has 0 bridgehead atoms. The maximum Gasteiger partial charge on any atom is 0.341 e. The van der Waals surface area contributed by atoms with E-state index in [1.165, 1.54) is 17.7 Å². The third-order valence-electron chi connectivity index (χ3n) is 3.43. The average Bonchev–Trinajstić information content (AvgIpc) is 2.37. The summed E-state index contributed by atoms with van der Waals surface area (Å²) in [6, 6.07) is 8.79. The Morgan fingerprint density at radius 1 is 1.10 bits per heavy atom. The van der Waals surface area contributed by atoms with Crippen molar-refractivity contribution in [1.82, 2.24) is 0 Å². The number of aryl methyl sites for hydroxylation is 3. The maximum absolute atomic E-state index is 14.2. The molecule has 0 radical (unpaired) electrons. The van der Waals surface area contributed by atoms with E-state index in [1.807, 2.05) is 20.8 Å². The molecule has 0 saturated heterocycles. The van der Waals surface area contributed by atoms with Gasteiger partial charge in [0, 0.05) is 0 Å². The van der Waals surface area contributed by atoms with Gasteiger partial charge in [0.25, 0.3) is 0 Å². The first-order chi connectivity index (χ1) is 9.93. The summed E-state index contributed by atoms with van der Waals surface area (Å²) in [5.74, 6) is -1.18. The van der Waals surface area contributed by atoms with Gasteiger partial charge in [-0.3, -0.25) is 0 Å². The molecule has 2 nitrogen and oxygen atoms in total. The molecule has 0 aliphatic rings. The van der Waals surface area contributed by atoms with Crippen LogP contribution in [0.5, 0.6) is 0 Å².